The number of ether oxygens (including phenoxy) is 4. The Hall–Kier alpha value is -2.31. The summed E-state index contributed by atoms with van der Waals surface area (Å²) < 4.78 is 34.5. The van der Waals surface area contributed by atoms with E-state index in [9.17, 15) is 9.18 Å². The highest BCUT2D eigenvalue weighted by molar-refractivity contribution is 6.30. The molecule has 0 fully saturated rings. The standard InChI is InChI=1S/C18H16ClFO5/c1-22-16-3-2-11(4-15(16)20)5-17(21)24-9-13-7-14(19)6-12-8-23-10-25-18(12)13/h2-4,6-7H,5,8-10H2,1H3. The first-order chi connectivity index (χ1) is 12.1. The summed E-state index contributed by atoms with van der Waals surface area (Å²) in [6.07, 6.45) is -0.0480. The smallest absolute Gasteiger partial charge is 0.310 e. The van der Waals surface area contributed by atoms with Crippen LogP contribution in [0.15, 0.2) is 30.3 Å². The van der Waals surface area contributed by atoms with E-state index in [1.165, 1.54) is 19.2 Å². The van der Waals surface area contributed by atoms with Gasteiger partial charge in [-0.05, 0) is 29.8 Å². The van der Waals surface area contributed by atoms with Crippen molar-refractivity contribution in [1.29, 1.82) is 0 Å². The Morgan fingerprint density at radius 3 is 2.92 bits per heavy atom. The Morgan fingerprint density at radius 2 is 2.16 bits per heavy atom. The lowest BCUT2D eigenvalue weighted by atomic mass is 10.1. The van der Waals surface area contributed by atoms with Gasteiger partial charge in [-0.25, -0.2) is 4.39 Å². The third-order valence-corrected chi connectivity index (χ3v) is 3.92. The number of esters is 1. The molecule has 0 aromatic heterocycles. The van der Waals surface area contributed by atoms with Crippen LogP contribution in [0.5, 0.6) is 11.5 Å². The summed E-state index contributed by atoms with van der Waals surface area (Å²) in [5.74, 6) is -0.253. The molecule has 25 heavy (non-hydrogen) atoms. The van der Waals surface area contributed by atoms with Gasteiger partial charge in [-0.3, -0.25) is 4.79 Å². The monoisotopic (exact) mass is 366 g/mol. The molecule has 132 valence electrons. The minimum atomic E-state index is -0.523. The third-order valence-electron chi connectivity index (χ3n) is 3.71. The molecule has 0 saturated heterocycles. The van der Waals surface area contributed by atoms with Gasteiger partial charge in [0.2, 0.25) is 0 Å². The quantitative estimate of drug-likeness (QED) is 0.756. The second-order valence-electron chi connectivity index (χ2n) is 5.47. The molecule has 2 aromatic carbocycles. The second-order valence-corrected chi connectivity index (χ2v) is 5.91. The Labute approximate surface area is 149 Å². The highest BCUT2D eigenvalue weighted by atomic mass is 35.5. The molecule has 0 unspecified atom stereocenters. The molecule has 0 spiro atoms. The molecule has 0 saturated carbocycles. The molecule has 0 radical (unpaired) electrons. The Kier molecular flexibility index (Phi) is 5.40. The lowest BCUT2D eigenvalue weighted by Crippen LogP contribution is -2.15. The van der Waals surface area contributed by atoms with Crippen LogP contribution in [-0.2, 0) is 33.9 Å². The Bertz CT molecular complexity index is 793. The van der Waals surface area contributed by atoms with Crippen LogP contribution >= 0.6 is 11.6 Å². The lowest BCUT2D eigenvalue weighted by molar-refractivity contribution is -0.144. The van der Waals surface area contributed by atoms with E-state index in [-0.39, 0.29) is 25.6 Å². The Morgan fingerprint density at radius 1 is 1.32 bits per heavy atom. The summed E-state index contributed by atoms with van der Waals surface area (Å²) in [5.41, 5.74) is 1.98. The summed E-state index contributed by atoms with van der Waals surface area (Å²) in [6, 6.07) is 7.78. The van der Waals surface area contributed by atoms with Crippen molar-refractivity contribution >= 4 is 17.6 Å². The summed E-state index contributed by atoms with van der Waals surface area (Å²) in [5, 5.41) is 0.510. The molecule has 2 aromatic rings. The molecule has 1 aliphatic rings. The highest BCUT2D eigenvalue weighted by Gasteiger charge is 2.18. The van der Waals surface area contributed by atoms with E-state index in [4.69, 9.17) is 30.5 Å². The average molecular weight is 367 g/mol. The zero-order valence-electron chi connectivity index (χ0n) is 13.5. The first-order valence-electron chi connectivity index (χ1n) is 7.56. The fourth-order valence-electron chi connectivity index (χ4n) is 2.56. The lowest BCUT2D eigenvalue weighted by Gasteiger charge is -2.21. The van der Waals surface area contributed by atoms with Gasteiger partial charge in [0.15, 0.2) is 18.4 Å². The topological polar surface area (TPSA) is 54.0 Å². The fraction of sp³-hybridized carbons (Fsp3) is 0.278. The zero-order valence-corrected chi connectivity index (χ0v) is 14.3. The van der Waals surface area contributed by atoms with Crippen LogP contribution in [0.3, 0.4) is 0 Å². The van der Waals surface area contributed by atoms with Crippen molar-refractivity contribution < 1.29 is 28.1 Å². The van der Waals surface area contributed by atoms with Crippen LogP contribution in [0.4, 0.5) is 4.39 Å². The third kappa shape index (κ3) is 4.21. The minimum absolute atomic E-state index is 0.0142. The predicted molar refractivity (Wildman–Crippen MR) is 88.2 cm³/mol. The first-order valence-corrected chi connectivity index (χ1v) is 7.94. The predicted octanol–water partition coefficient (Wildman–Crippen LogP) is 3.64. The molecule has 0 amide bonds. The Balaban J connectivity index is 1.65. The van der Waals surface area contributed by atoms with Crippen LogP contribution in [0.1, 0.15) is 16.7 Å². The van der Waals surface area contributed by atoms with E-state index >= 15 is 0 Å². The maximum absolute atomic E-state index is 13.7. The molecule has 0 bridgehead atoms. The van der Waals surface area contributed by atoms with Gasteiger partial charge in [-0.15, -0.1) is 0 Å². The number of fused-ring (bicyclic) bond motifs is 1. The number of rotatable bonds is 5. The number of halogens is 2. The summed E-state index contributed by atoms with van der Waals surface area (Å²) >= 11 is 6.07. The van der Waals surface area contributed by atoms with E-state index in [0.29, 0.717) is 28.5 Å². The van der Waals surface area contributed by atoms with Gasteiger partial charge >= 0.3 is 5.97 Å². The van der Waals surface area contributed by atoms with E-state index in [1.54, 1.807) is 18.2 Å². The van der Waals surface area contributed by atoms with E-state index in [1.807, 2.05) is 0 Å². The summed E-state index contributed by atoms with van der Waals surface area (Å²) in [6.45, 7) is 0.545. The number of methoxy groups -OCH3 is 1. The van der Waals surface area contributed by atoms with Crippen LogP contribution in [0.2, 0.25) is 5.02 Å². The molecular weight excluding hydrogens is 351 g/mol. The number of benzene rings is 2. The van der Waals surface area contributed by atoms with Crippen LogP contribution in [0, 0.1) is 5.82 Å². The first kappa shape index (κ1) is 17.5. The molecule has 0 aliphatic carbocycles. The van der Waals surface area contributed by atoms with Gasteiger partial charge in [0.05, 0.1) is 20.1 Å². The molecular formula is C18H16ClFO5. The van der Waals surface area contributed by atoms with Crippen LogP contribution in [-0.4, -0.2) is 19.9 Å². The van der Waals surface area contributed by atoms with Crippen molar-refractivity contribution in [3.63, 3.8) is 0 Å². The largest absolute Gasteiger partial charge is 0.494 e. The van der Waals surface area contributed by atoms with Crippen molar-refractivity contribution in [2.24, 2.45) is 0 Å². The molecule has 3 rings (SSSR count). The maximum Gasteiger partial charge on any atom is 0.310 e. The maximum atomic E-state index is 13.7. The molecule has 1 heterocycles. The fourth-order valence-corrected chi connectivity index (χ4v) is 2.82. The van der Waals surface area contributed by atoms with Crippen molar-refractivity contribution in [2.45, 2.75) is 19.6 Å². The normalized spacial score (nSPS) is 12.9. The SMILES string of the molecule is COc1ccc(CC(=O)OCc2cc(Cl)cc3c2OCOC3)cc1F. The van der Waals surface area contributed by atoms with Crippen molar-refractivity contribution in [2.75, 3.05) is 13.9 Å². The number of hydrogen-bond acceptors (Lipinski definition) is 5. The minimum Gasteiger partial charge on any atom is -0.494 e. The second kappa shape index (κ2) is 7.72. The van der Waals surface area contributed by atoms with Crippen molar-refractivity contribution in [1.82, 2.24) is 0 Å². The molecule has 7 heteroatoms. The van der Waals surface area contributed by atoms with E-state index in [0.717, 1.165) is 5.56 Å². The molecule has 5 nitrogen and oxygen atoms in total. The average Bonchev–Trinajstić information content (AvgIpc) is 2.59. The summed E-state index contributed by atoms with van der Waals surface area (Å²) in [7, 11) is 1.38. The highest BCUT2D eigenvalue weighted by Crippen LogP contribution is 2.32. The molecule has 1 aliphatic heterocycles. The van der Waals surface area contributed by atoms with Crippen molar-refractivity contribution in [3.8, 4) is 11.5 Å². The number of carbonyl (C=O) groups excluding carboxylic acids is 1. The van der Waals surface area contributed by atoms with Crippen LogP contribution in [0.25, 0.3) is 0 Å². The zero-order chi connectivity index (χ0) is 17.8. The van der Waals surface area contributed by atoms with Gasteiger partial charge in [0.1, 0.15) is 12.4 Å². The number of carbonyl (C=O) groups is 1. The van der Waals surface area contributed by atoms with Gasteiger partial charge in [-0.2, -0.15) is 0 Å². The van der Waals surface area contributed by atoms with Gasteiger partial charge in [-0.1, -0.05) is 17.7 Å². The van der Waals surface area contributed by atoms with Gasteiger partial charge in [0, 0.05) is 16.1 Å². The summed E-state index contributed by atoms with van der Waals surface area (Å²) in [4.78, 5) is 12.0. The van der Waals surface area contributed by atoms with Crippen LogP contribution < -0.4 is 9.47 Å². The van der Waals surface area contributed by atoms with Gasteiger partial charge < -0.3 is 18.9 Å². The van der Waals surface area contributed by atoms with Gasteiger partial charge in [0.25, 0.3) is 0 Å². The molecule has 0 atom stereocenters. The molecule has 0 N–H and O–H groups in total. The van der Waals surface area contributed by atoms with E-state index in [2.05, 4.69) is 0 Å². The van der Waals surface area contributed by atoms with Crippen molar-refractivity contribution in [3.05, 3.63) is 57.9 Å². The van der Waals surface area contributed by atoms with E-state index < -0.39 is 11.8 Å². The number of hydrogen-bond donors (Lipinski definition) is 0.